The zero-order valence-corrected chi connectivity index (χ0v) is 17.9. The standard InChI is InChI=1S/C25H45N/c1-3-5-7-8-10-18-25(21-26)19-16-24(17-20-25)23-14-12-22(13-15-23)11-9-6-4-2/h22-24H,3-20H2,1-2H3. The molecule has 0 aromatic rings. The van der Waals surface area contributed by atoms with Crippen molar-refractivity contribution in [3.05, 3.63) is 0 Å². The normalized spacial score (nSPS) is 32.3. The second kappa shape index (κ2) is 12.0. The Hall–Kier alpha value is -0.510. The second-order valence-electron chi connectivity index (χ2n) is 9.67. The molecule has 0 spiro atoms. The first-order valence-electron chi connectivity index (χ1n) is 12.1. The molecule has 0 unspecified atom stereocenters. The number of unbranched alkanes of at least 4 members (excludes halogenated alkanes) is 6. The highest BCUT2D eigenvalue weighted by Gasteiger charge is 2.38. The summed E-state index contributed by atoms with van der Waals surface area (Å²) in [6.45, 7) is 4.59. The summed E-state index contributed by atoms with van der Waals surface area (Å²) in [4.78, 5) is 0. The van der Waals surface area contributed by atoms with Crippen molar-refractivity contribution in [2.24, 2.45) is 23.2 Å². The Labute approximate surface area is 164 Å². The first-order valence-corrected chi connectivity index (χ1v) is 12.1. The minimum Gasteiger partial charge on any atom is -0.198 e. The maximum atomic E-state index is 9.83. The van der Waals surface area contributed by atoms with Crippen molar-refractivity contribution >= 4 is 0 Å². The van der Waals surface area contributed by atoms with Gasteiger partial charge in [0.15, 0.2) is 0 Å². The van der Waals surface area contributed by atoms with E-state index in [9.17, 15) is 5.26 Å². The minimum absolute atomic E-state index is 0.0417. The van der Waals surface area contributed by atoms with Crippen LogP contribution in [0, 0.1) is 34.5 Å². The van der Waals surface area contributed by atoms with Crippen LogP contribution in [0.2, 0.25) is 0 Å². The number of hydrogen-bond donors (Lipinski definition) is 0. The molecule has 0 radical (unpaired) electrons. The molecular weight excluding hydrogens is 314 g/mol. The Morgan fingerprint density at radius 3 is 1.92 bits per heavy atom. The highest BCUT2D eigenvalue weighted by Crippen LogP contribution is 2.47. The first kappa shape index (κ1) is 21.8. The predicted octanol–water partition coefficient (Wildman–Crippen LogP) is 8.43. The van der Waals surface area contributed by atoms with Gasteiger partial charge in [-0.3, -0.25) is 0 Å². The van der Waals surface area contributed by atoms with Crippen molar-refractivity contribution in [3.8, 4) is 6.07 Å². The van der Waals surface area contributed by atoms with E-state index in [1.54, 1.807) is 0 Å². The van der Waals surface area contributed by atoms with Gasteiger partial charge in [-0.1, -0.05) is 84.5 Å². The average Bonchev–Trinajstić information content (AvgIpc) is 2.69. The molecule has 2 fully saturated rings. The van der Waals surface area contributed by atoms with Gasteiger partial charge >= 0.3 is 0 Å². The van der Waals surface area contributed by atoms with E-state index < -0.39 is 0 Å². The number of nitrogens with zero attached hydrogens (tertiary/aromatic N) is 1. The average molecular weight is 360 g/mol. The molecular formula is C25H45N. The van der Waals surface area contributed by atoms with Crippen LogP contribution in [0.5, 0.6) is 0 Å². The third kappa shape index (κ3) is 6.90. The molecule has 2 aliphatic carbocycles. The first-order chi connectivity index (χ1) is 12.7. The summed E-state index contributed by atoms with van der Waals surface area (Å²) in [7, 11) is 0. The van der Waals surface area contributed by atoms with Crippen molar-refractivity contribution in [3.63, 3.8) is 0 Å². The topological polar surface area (TPSA) is 23.8 Å². The van der Waals surface area contributed by atoms with Gasteiger partial charge in [-0.2, -0.15) is 5.26 Å². The van der Waals surface area contributed by atoms with Crippen LogP contribution >= 0.6 is 0 Å². The summed E-state index contributed by atoms with van der Waals surface area (Å²) < 4.78 is 0. The summed E-state index contributed by atoms with van der Waals surface area (Å²) in [5.74, 6) is 2.95. The highest BCUT2D eigenvalue weighted by atomic mass is 14.4. The zero-order valence-electron chi connectivity index (χ0n) is 17.9. The van der Waals surface area contributed by atoms with Crippen LogP contribution in [0.1, 0.15) is 129 Å². The molecule has 0 aromatic heterocycles. The molecule has 0 bridgehead atoms. The van der Waals surface area contributed by atoms with Gasteiger partial charge in [0.25, 0.3) is 0 Å². The maximum Gasteiger partial charge on any atom is 0.0689 e. The molecule has 2 aliphatic rings. The monoisotopic (exact) mass is 359 g/mol. The van der Waals surface area contributed by atoms with Crippen molar-refractivity contribution in [2.75, 3.05) is 0 Å². The quantitative estimate of drug-likeness (QED) is 0.339. The summed E-state index contributed by atoms with van der Waals surface area (Å²) in [5, 5.41) is 9.83. The lowest BCUT2D eigenvalue weighted by Gasteiger charge is -2.41. The van der Waals surface area contributed by atoms with E-state index in [0.29, 0.717) is 0 Å². The smallest absolute Gasteiger partial charge is 0.0689 e. The molecule has 2 rings (SSSR count). The van der Waals surface area contributed by atoms with Crippen molar-refractivity contribution in [2.45, 2.75) is 129 Å². The van der Waals surface area contributed by atoms with Gasteiger partial charge in [0.1, 0.15) is 0 Å². The Bertz CT molecular complexity index is 391. The Kier molecular flexibility index (Phi) is 10.1. The third-order valence-corrected chi connectivity index (χ3v) is 7.76. The molecule has 2 saturated carbocycles. The highest BCUT2D eigenvalue weighted by molar-refractivity contribution is 5.02. The maximum absolute atomic E-state index is 9.83. The number of nitriles is 1. The Morgan fingerprint density at radius 2 is 1.31 bits per heavy atom. The fraction of sp³-hybridized carbons (Fsp3) is 0.960. The SMILES string of the molecule is CCCCCCCC1(C#N)CCC(C2CCC(CCCCC)CC2)CC1. The molecule has 1 nitrogen and oxygen atoms in total. The molecule has 0 aromatic carbocycles. The van der Waals surface area contributed by atoms with Crippen molar-refractivity contribution < 1.29 is 0 Å². The molecule has 0 atom stereocenters. The molecule has 0 heterocycles. The molecule has 0 saturated heterocycles. The van der Waals surface area contributed by atoms with Crippen LogP contribution in [0.3, 0.4) is 0 Å². The van der Waals surface area contributed by atoms with Gasteiger partial charge in [0, 0.05) is 0 Å². The number of hydrogen-bond acceptors (Lipinski definition) is 1. The van der Waals surface area contributed by atoms with E-state index in [1.165, 1.54) is 116 Å². The van der Waals surface area contributed by atoms with Crippen LogP contribution in [0.15, 0.2) is 0 Å². The largest absolute Gasteiger partial charge is 0.198 e. The van der Waals surface area contributed by atoms with Crippen molar-refractivity contribution in [1.82, 2.24) is 0 Å². The molecule has 150 valence electrons. The fourth-order valence-electron chi connectivity index (χ4n) is 5.78. The molecule has 0 N–H and O–H groups in total. The fourth-order valence-corrected chi connectivity index (χ4v) is 5.78. The van der Waals surface area contributed by atoms with Crippen LogP contribution in [-0.2, 0) is 0 Å². The minimum atomic E-state index is 0.0417. The Balaban J connectivity index is 1.66. The Morgan fingerprint density at radius 1 is 0.731 bits per heavy atom. The van der Waals surface area contributed by atoms with Gasteiger partial charge in [-0.15, -0.1) is 0 Å². The molecule has 1 heteroatoms. The van der Waals surface area contributed by atoms with E-state index >= 15 is 0 Å². The predicted molar refractivity (Wildman–Crippen MR) is 113 cm³/mol. The molecule has 0 aliphatic heterocycles. The zero-order chi connectivity index (χ0) is 18.7. The van der Waals surface area contributed by atoms with Crippen molar-refractivity contribution in [1.29, 1.82) is 5.26 Å². The lowest BCUT2D eigenvalue weighted by atomic mass is 9.63. The summed E-state index contributed by atoms with van der Waals surface area (Å²) >= 11 is 0. The lowest BCUT2D eigenvalue weighted by Crippen LogP contribution is -2.31. The van der Waals surface area contributed by atoms with Gasteiger partial charge < -0.3 is 0 Å². The van der Waals surface area contributed by atoms with Crippen LogP contribution in [0.4, 0.5) is 0 Å². The van der Waals surface area contributed by atoms with E-state index in [0.717, 1.165) is 17.8 Å². The third-order valence-electron chi connectivity index (χ3n) is 7.76. The van der Waals surface area contributed by atoms with Crippen LogP contribution in [0.25, 0.3) is 0 Å². The summed E-state index contributed by atoms with van der Waals surface area (Å²) in [6, 6.07) is 2.77. The van der Waals surface area contributed by atoms with E-state index in [2.05, 4.69) is 19.9 Å². The van der Waals surface area contributed by atoms with Gasteiger partial charge in [0.05, 0.1) is 11.5 Å². The van der Waals surface area contributed by atoms with Gasteiger partial charge in [-0.05, 0) is 62.7 Å². The lowest BCUT2D eigenvalue weighted by molar-refractivity contribution is 0.114. The van der Waals surface area contributed by atoms with E-state index in [1.807, 2.05) is 0 Å². The van der Waals surface area contributed by atoms with E-state index in [4.69, 9.17) is 0 Å². The summed E-state index contributed by atoms with van der Waals surface area (Å²) in [5.41, 5.74) is 0.0417. The van der Waals surface area contributed by atoms with E-state index in [-0.39, 0.29) is 5.41 Å². The molecule has 0 amide bonds. The van der Waals surface area contributed by atoms with Gasteiger partial charge in [-0.25, -0.2) is 0 Å². The number of rotatable bonds is 11. The summed E-state index contributed by atoms with van der Waals surface area (Å²) in [6.07, 6.45) is 24.6. The van der Waals surface area contributed by atoms with Crippen LogP contribution < -0.4 is 0 Å². The van der Waals surface area contributed by atoms with Crippen LogP contribution in [-0.4, -0.2) is 0 Å². The molecule has 26 heavy (non-hydrogen) atoms. The van der Waals surface area contributed by atoms with Gasteiger partial charge in [0.2, 0.25) is 0 Å². The second-order valence-corrected chi connectivity index (χ2v) is 9.67.